The summed E-state index contributed by atoms with van der Waals surface area (Å²) in [6.45, 7) is 3.38. The normalized spacial score (nSPS) is 19.9. The van der Waals surface area contributed by atoms with Gasteiger partial charge in [0.1, 0.15) is 0 Å². The molecule has 1 atom stereocenters. The van der Waals surface area contributed by atoms with Crippen LogP contribution in [0.25, 0.3) is 0 Å². The summed E-state index contributed by atoms with van der Waals surface area (Å²) in [4.78, 5) is 0. The lowest BCUT2D eigenvalue weighted by molar-refractivity contribution is 0.173. The fourth-order valence-corrected chi connectivity index (χ4v) is 4.66. The summed E-state index contributed by atoms with van der Waals surface area (Å²) < 4.78 is 29.8. The summed E-state index contributed by atoms with van der Waals surface area (Å²) in [5.74, 6) is 0.214. The SMILES string of the molecule is CCCNC(COC)CS(=O)(=O)C1CCCCC1. The lowest BCUT2D eigenvalue weighted by Gasteiger charge is -2.25. The molecule has 1 N–H and O–H groups in total. The summed E-state index contributed by atoms with van der Waals surface area (Å²) in [5, 5.41) is 3.14. The quantitative estimate of drug-likeness (QED) is 0.734. The Labute approximate surface area is 111 Å². The van der Waals surface area contributed by atoms with E-state index in [-0.39, 0.29) is 17.0 Å². The third kappa shape index (κ3) is 5.24. The van der Waals surface area contributed by atoms with Crippen molar-refractivity contribution in [3.05, 3.63) is 0 Å². The van der Waals surface area contributed by atoms with Crippen molar-refractivity contribution in [2.45, 2.75) is 56.7 Å². The van der Waals surface area contributed by atoms with Crippen molar-refractivity contribution in [3.63, 3.8) is 0 Å². The molecule has 1 unspecified atom stereocenters. The van der Waals surface area contributed by atoms with Gasteiger partial charge in [-0.25, -0.2) is 8.42 Å². The molecule has 0 bridgehead atoms. The molecule has 0 aromatic rings. The second-order valence-electron chi connectivity index (χ2n) is 5.20. The molecule has 1 fully saturated rings. The van der Waals surface area contributed by atoms with Crippen molar-refractivity contribution in [2.75, 3.05) is 26.0 Å². The van der Waals surface area contributed by atoms with Crippen LogP contribution in [0, 0.1) is 0 Å². The van der Waals surface area contributed by atoms with Crippen LogP contribution < -0.4 is 5.32 Å². The van der Waals surface area contributed by atoms with Crippen LogP contribution in [0.2, 0.25) is 0 Å². The molecular formula is C13H27NO3S. The van der Waals surface area contributed by atoms with Crippen molar-refractivity contribution >= 4 is 9.84 Å². The van der Waals surface area contributed by atoms with Crippen LogP contribution in [0.5, 0.6) is 0 Å². The molecule has 1 aliphatic carbocycles. The molecule has 1 saturated carbocycles. The van der Waals surface area contributed by atoms with Crippen molar-refractivity contribution < 1.29 is 13.2 Å². The van der Waals surface area contributed by atoms with Gasteiger partial charge in [-0.05, 0) is 25.8 Å². The van der Waals surface area contributed by atoms with Gasteiger partial charge >= 0.3 is 0 Å². The van der Waals surface area contributed by atoms with Gasteiger partial charge < -0.3 is 10.1 Å². The number of methoxy groups -OCH3 is 1. The maximum absolute atomic E-state index is 12.3. The zero-order valence-electron chi connectivity index (χ0n) is 11.7. The Balaban J connectivity index is 2.53. The van der Waals surface area contributed by atoms with E-state index in [1.165, 1.54) is 6.42 Å². The molecule has 108 valence electrons. The first-order chi connectivity index (χ1) is 8.60. The van der Waals surface area contributed by atoms with Crippen LogP contribution in [-0.2, 0) is 14.6 Å². The van der Waals surface area contributed by atoms with Crippen molar-refractivity contribution in [2.24, 2.45) is 0 Å². The van der Waals surface area contributed by atoms with Gasteiger partial charge in [0.15, 0.2) is 9.84 Å². The molecule has 0 aromatic carbocycles. The number of sulfone groups is 1. The Kier molecular flexibility index (Phi) is 7.19. The van der Waals surface area contributed by atoms with E-state index in [1.54, 1.807) is 7.11 Å². The van der Waals surface area contributed by atoms with Crippen molar-refractivity contribution in [3.8, 4) is 0 Å². The summed E-state index contributed by atoms with van der Waals surface area (Å²) in [6, 6.07) is -0.0677. The predicted molar refractivity (Wildman–Crippen MR) is 74.6 cm³/mol. The Hall–Kier alpha value is -0.130. The van der Waals surface area contributed by atoms with Gasteiger partial charge in [0, 0.05) is 13.2 Å². The zero-order valence-corrected chi connectivity index (χ0v) is 12.5. The average Bonchev–Trinajstić information content (AvgIpc) is 2.37. The molecule has 1 rings (SSSR count). The van der Waals surface area contributed by atoms with E-state index in [0.717, 1.165) is 38.6 Å². The second kappa shape index (κ2) is 8.12. The predicted octanol–water partition coefficient (Wildman–Crippen LogP) is 1.75. The second-order valence-corrected chi connectivity index (χ2v) is 7.52. The first-order valence-electron chi connectivity index (χ1n) is 7.04. The minimum Gasteiger partial charge on any atom is -0.383 e. The average molecular weight is 277 g/mol. The smallest absolute Gasteiger partial charge is 0.154 e. The number of hydrogen-bond acceptors (Lipinski definition) is 4. The Bertz CT molecular complexity index is 310. The number of nitrogens with one attached hydrogen (secondary N) is 1. The van der Waals surface area contributed by atoms with Crippen LogP contribution in [0.15, 0.2) is 0 Å². The molecular weight excluding hydrogens is 250 g/mol. The van der Waals surface area contributed by atoms with Gasteiger partial charge in [0.2, 0.25) is 0 Å². The van der Waals surface area contributed by atoms with Crippen LogP contribution in [0.1, 0.15) is 45.4 Å². The highest BCUT2D eigenvalue weighted by molar-refractivity contribution is 7.92. The maximum Gasteiger partial charge on any atom is 0.154 e. The van der Waals surface area contributed by atoms with E-state index in [2.05, 4.69) is 12.2 Å². The summed E-state index contributed by atoms with van der Waals surface area (Å²) >= 11 is 0. The van der Waals surface area contributed by atoms with E-state index in [1.807, 2.05) is 0 Å². The first-order valence-corrected chi connectivity index (χ1v) is 8.75. The van der Waals surface area contributed by atoms with E-state index in [4.69, 9.17) is 4.74 Å². The lowest BCUT2D eigenvalue weighted by Crippen LogP contribution is -2.42. The number of ether oxygens (including phenoxy) is 1. The molecule has 0 radical (unpaired) electrons. The molecule has 0 amide bonds. The van der Waals surface area contributed by atoms with Crippen molar-refractivity contribution in [1.29, 1.82) is 0 Å². The highest BCUT2D eigenvalue weighted by Gasteiger charge is 2.29. The van der Waals surface area contributed by atoms with Gasteiger partial charge in [-0.1, -0.05) is 26.2 Å². The molecule has 0 aliphatic heterocycles. The van der Waals surface area contributed by atoms with Gasteiger partial charge in [-0.3, -0.25) is 0 Å². The van der Waals surface area contributed by atoms with Crippen LogP contribution >= 0.6 is 0 Å². The molecule has 18 heavy (non-hydrogen) atoms. The monoisotopic (exact) mass is 277 g/mol. The topological polar surface area (TPSA) is 55.4 Å². The molecule has 0 aromatic heterocycles. The minimum atomic E-state index is -2.98. The van der Waals surface area contributed by atoms with Crippen molar-refractivity contribution in [1.82, 2.24) is 5.32 Å². The third-order valence-corrected chi connectivity index (χ3v) is 5.90. The van der Waals surface area contributed by atoms with Gasteiger partial charge in [-0.15, -0.1) is 0 Å². The molecule has 0 heterocycles. The number of rotatable bonds is 8. The van der Waals surface area contributed by atoms with Crippen LogP contribution in [0.3, 0.4) is 0 Å². The Morgan fingerprint density at radius 3 is 2.50 bits per heavy atom. The van der Waals surface area contributed by atoms with E-state index < -0.39 is 9.84 Å². The van der Waals surface area contributed by atoms with E-state index in [0.29, 0.717) is 6.61 Å². The first kappa shape index (κ1) is 15.9. The third-order valence-electron chi connectivity index (χ3n) is 3.54. The highest BCUT2D eigenvalue weighted by Crippen LogP contribution is 2.24. The van der Waals surface area contributed by atoms with Gasteiger partial charge in [0.05, 0.1) is 17.6 Å². The van der Waals surface area contributed by atoms with Gasteiger partial charge in [-0.2, -0.15) is 0 Å². The lowest BCUT2D eigenvalue weighted by atomic mass is 10.0. The summed E-state index contributed by atoms with van der Waals surface area (Å²) in [5.41, 5.74) is 0. The largest absolute Gasteiger partial charge is 0.383 e. The zero-order chi connectivity index (χ0) is 13.4. The standard InChI is InChI=1S/C13H27NO3S/c1-3-9-14-12(10-17-2)11-18(15,16)13-7-5-4-6-8-13/h12-14H,3-11H2,1-2H3. The molecule has 4 nitrogen and oxygen atoms in total. The Morgan fingerprint density at radius 2 is 1.94 bits per heavy atom. The molecule has 5 heteroatoms. The highest BCUT2D eigenvalue weighted by atomic mass is 32.2. The summed E-state index contributed by atoms with van der Waals surface area (Å²) in [7, 11) is -1.36. The summed E-state index contributed by atoms with van der Waals surface area (Å²) in [6.07, 6.45) is 5.99. The van der Waals surface area contributed by atoms with E-state index >= 15 is 0 Å². The fraction of sp³-hybridized carbons (Fsp3) is 1.00. The van der Waals surface area contributed by atoms with Crippen LogP contribution in [-0.4, -0.2) is 45.7 Å². The van der Waals surface area contributed by atoms with E-state index in [9.17, 15) is 8.42 Å². The van der Waals surface area contributed by atoms with Gasteiger partial charge in [0.25, 0.3) is 0 Å². The fourth-order valence-electron chi connectivity index (χ4n) is 2.56. The maximum atomic E-state index is 12.3. The molecule has 1 aliphatic rings. The molecule has 0 saturated heterocycles. The van der Waals surface area contributed by atoms with Crippen LogP contribution in [0.4, 0.5) is 0 Å². The minimum absolute atomic E-state index is 0.0677. The molecule has 0 spiro atoms. The Morgan fingerprint density at radius 1 is 1.28 bits per heavy atom. The number of hydrogen-bond donors (Lipinski definition) is 1.